The minimum absolute atomic E-state index is 0.0573. The highest BCUT2D eigenvalue weighted by Crippen LogP contribution is 2.24. The first-order valence-electron chi connectivity index (χ1n) is 8.90. The molecule has 0 spiro atoms. The maximum Gasteiger partial charge on any atom is 0.407 e. The van der Waals surface area contributed by atoms with Crippen molar-refractivity contribution in [2.75, 3.05) is 6.54 Å². The summed E-state index contributed by atoms with van der Waals surface area (Å²) in [5.41, 5.74) is -2.34. The summed E-state index contributed by atoms with van der Waals surface area (Å²) in [5.74, 6) is -1.63. The average molecular weight is 397 g/mol. The molecule has 1 atom stereocenters. The fraction of sp³-hybridized carbons (Fsp3) is 0.579. The molecule has 1 rings (SSSR count). The van der Waals surface area contributed by atoms with Crippen molar-refractivity contribution in [2.45, 2.75) is 59.6 Å². The molecule has 0 bridgehead atoms. The van der Waals surface area contributed by atoms with Crippen LogP contribution in [0, 0.1) is 28.8 Å². The molecule has 0 aliphatic carbocycles. The maximum absolute atomic E-state index is 14.0. The van der Waals surface area contributed by atoms with Gasteiger partial charge in [-0.2, -0.15) is 0 Å². The van der Waals surface area contributed by atoms with E-state index in [2.05, 4.69) is 10.6 Å². The van der Waals surface area contributed by atoms with Crippen LogP contribution in [0.15, 0.2) is 12.1 Å². The van der Waals surface area contributed by atoms with E-state index in [1.54, 1.807) is 27.7 Å². The van der Waals surface area contributed by atoms with Crippen LogP contribution in [0.3, 0.4) is 0 Å². The molecular formula is C19H28FN3O5. The lowest BCUT2D eigenvalue weighted by molar-refractivity contribution is -0.385. The number of alkyl carbamates (subject to hydrolysis) is 1. The highest BCUT2D eigenvalue weighted by molar-refractivity contribution is 5.95. The zero-order valence-electron chi connectivity index (χ0n) is 17.3. The summed E-state index contributed by atoms with van der Waals surface area (Å²) in [5, 5.41) is 16.4. The van der Waals surface area contributed by atoms with Gasteiger partial charge in [0.1, 0.15) is 11.4 Å². The second kappa shape index (κ2) is 8.53. The molecule has 0 aliphatic heterocycles. The summed E-state index contributed by atoms with van der Waals surface area (Å²) in [4.78, 5) is 34.9. The van der Waals surface area contributed by atoms with E-state index in [-0.39, 0.29) is 23.6 Å². The Morgan fingerprint density at radius 1 is 1.25 bits per heavy atom. The summed E-state index contributed by atoms with van der Waals surface area (Å²) in [6, 6.07) is 2.00. The quantitative estimate of drug-likeness (QED) is 0.561. The molecule has 2 amide bonds. The molecule has 9 heteroatoms. The highest BCUT2D eigenvalue weighted by atomic mass is 19.1. The highest BCUT2D eigenvalue weighted by Gasteiger charge is 2.32. The van der Waals surface area contributed by atoms with Crippen LogP contribution in [0.5, 0.6) is 0 Å². The normalized spacial score (nSPS) is 13.6. The van der Waals surface area contributed by atoms with Crippen molar-refractivity contribution < 1.29 is 23.6 Å². The van der Waals surface area contributed by atoms with Crippen LogP contribution in [-0.4, -0.2) is 34.6 Å². The van der Waals surface area contributed by atoms with Gasteiger partial charge in [0.2, 0.25) is 0 Å². The van der Waals surface area contributed by atoms with Crippen LogP contribution in [0.4, 0.5) is 14.9 Å². The summed E-state index contributed by atoms with van der Waals surface area (Å²) in [7, 11) is 0. The number of rotatable bonds is 6. The van der Waals surface area contributed by atoms with Crippen LogP contribution >= 0.6 is 0 Å². The predicted molar refractivity (Wildman–Crippen MR) is 103 cm³/mol. The Hall–Kier alpha value is -2.71. The number of amides is 2. The van der Waals surface area contributed by atoms with E-state index in [0.29, 0.717) is 0 Å². The molecule has 1 aromatic carbocycles. The molecule has 1 unspecified atom stereocenters. The molecule has 0 heterocycles. The molecule has 0 aliphatic rings. The Balaban J connectivity index is 3.01. The van der Waals surface area contributed by atoms with Crippen molar-refractivity contribution in [3.05, 3.63) is 39.2 Å². The van der Waals surface area contributed by atoms with Crippen molar-refractivity contribution in [1.82, 2.24) is 10.6 Å². The molecule has 0 saturated carbocycles. The van der Waals surface area contributed by atoms with E-state index < -0.39 is 39.6 Å². The van der Waals surface area contributed by atoms with Crippen molar-refractivity contribution in [3.8, 4) is 0 Å². The number of benzene rings is 1. The van der Waals surface area contributed by atoms with Crippen LogP contribution in [0.25, 0.3) is 0 Å². The van der Waals surface area contributed by atoms with Crippen molar-refractivity contribution in [1.29, 1.82) is 0 Å². The average Bonchev–Trinajstić information content (AvgIpc) is 2.53. The van der Waals surface area contributed by atoms with Crippen LogP contribution in [0.2, 0.25) is 0 Å². The monoisotopic (exact) mass is 397 g/mol. The fourth-order valence-electron chi connectivity index (χ4n) is 2.28. The maximum atomic E-state index is 14.0. The number of nitro groups is 1. The third-order valence-corrected chi connectivity index (χ3v) is 4.45. The molecular weight excluding hydrogens is 369 g/mol. The number of nitro benzene ring substituents is 1. The molecule has 0 saturated heterocycles. The lowest BCUT2D eigenvalue weighted by atomic mass is 9.88. The Morgan fingerprint density at radius 2 is 1.82 bits per heavy atom. The van der Waals surface area contributed by atoms with E-state index in [4.69, 9.17) is 4.74 Å². The van der Waals surface area contributed by atoms with Gasteiger partial charge >= 0.3 is 6.09 Å². The zero-order valence-corrected chi connectivity index (χ0v) is 17.3. The van der Waals surface area contributed by atoms with Gasteiger partial charge in [0.25, 0.3) is 11.6 Å². The largest absolute Gasteiger partial charge is 0.444 e. The Morgan fingerprint density at radius 3 is 2.29 bits per heavy atom. The Labute approximate surface area is 164 Å². The molecule has 0 radical (unpaired) electrons. The number of carbonyl (C=O) groups is 2. The van der Waals surface area contributed by atoms with Gasteiger partial charge in [-0.3, -0.25) is 14.9 Å². The van der Waals surface area contributed by atoms with Crippen LogP contribution in [0.1, 0.15) is 57.5 Å². The number of nitrogens with one attached hydrogen (secondary N) is 2. The Kier molecular flexibility index (Phi) is 7.11. The molecule has 8 nitrogen and oxygen atoms in total. The minimum atomic E-state index is -0.899. The van der Waals surface area contributed by atoms with E-state index in [9.17, 15) is 24.1 Å². The minimum Gasteiger partial charge on any atom is -0.444 e. The summed E-state index contributed by atoms with van der Waals surface area (Å²) in [6.45, 7) is 11.9. The molecule has 1 aromatic rings. The van der Waals surface area contributed by atoms with Gasteiger partial charge in [0.15, 0.2) is 0 Å². The number of halogens is 1. The summed E-state index contributed by atoms with van der Waals surface area (Å²) in [6.07, 6.45) is -0.634. The second-order valence-electron chi connectivity index (χ2n) is 8.24. The predicted octanol–water partition coefficient (Wildman–Crippen LogP) is 3.71. The van der Waals surface area contributed by atoms with Gasteiger partial charge in [0, 0.05) is 18.2 Å². The lowest BCUT2D eigenvalue weighted by Crippen LogP contribution is -2.57. The topological polar surface area (TPSA) is 111 Å². The number of ether oxygens (including phenoxy) is 1. The summed E-state index contributed by atoms with van der Waals surface area (Å²) < 4.78 is 19.2. The second-order valence-corrected chi connectivity index (χ2v) is 8.24. The van der Waals surface area contributed by atoms with Crippen LogP contribution in [-0.2, 0) is 4.74 Å². The molecule has 2 N–H and O–H groups in total. The summed E-state index contributed by atoms with van der Waals surface area (Å²) >= 11 is 0. The fourth-order valence-corrected chi connectivity index (χ4v) is 2.28. The van der Waals surface area contributed by atoms with Gasteiger partial charge < -0.3 is 15.4 Å². The SMILES string of the molecule is Cc1c(F)cc(C(=O)NC(C)(CNC(=O)OC(C)(C)C)C(C)C)cc1[N+](=O)[O-]. The zero-order chi connectivity index (χ0) is 21.9. The van der Waals surface area contributed by atoms with Crippen molar-refractivity contribution in [2.24, 2.45) is 5.92 Å². The van der Waals surface area contributed by atoms with Gasteiger partial charge in [-0.05, 0) is 46.6 Å². The lowest BCUT2D eigenvalue weighted by Gasteiger charge is -2.35. The molecule has 28 heavy (non-hydrogen) atoms. The molecule has 0 aromatic heterocycles. The van der Waals surface area contributed by atoms with E-state index in [0.717, 1.165) is 12.1 Å². The number of hydrogen-bond donors (Lipinski definition) is 2. The third-order valence-electron chi connectivity index (χ3n) is 4.45. The smallest absolute Gasteiger partial charge is 0.407 e. The van der Waals surface area contributed by atoms with Gasteiger partial charge in [-0.25, -0.2) is 9.18 Å². The third kappa shape index (κ3) is 6.17. The Bertz CT molecular complexity index is 774. The standard InChI is InChI=1S/C19H28FN3O5/c1-11(2)19(7,10-21-17(25)28-18(4,5)6)22-16(24)13-8-14(20)12(3)15(9-13)23(26)27/h8-9,11H,10H2,1-7H3,(H,21,25)(H,22,24). The molecule has 156 valence electrons. The number of carbonyl (C=O) groups excluding carboxylic acids is 2. The first-order chi connectivity index (χ1) is 12.7. The van der Waals surface area contributed by atoms with Gasteiger partial charge in [-0.15, -0.1) is 0 Å². The van der Waals surface area contributed by atoms with E-state index >= 15 is 0 Å². The number of hydrogen-bond acceptors (Lipinski definition) is 5. The molecule has 0 fully saturated rings. The van der Waals surface area contributed by atoms with E-state index in [1.807, 2.05) is 13.8 Å². The van der Waals surface area contributed by atoms with Gasteiger partial charge in [0.05, 0.1) is 16.0 Å². The van der Waals surface area contributed by atoms with Crippen molar-refractivity contribution >= 4 is 17.7 Å². The number of nitrogens with zero attached hydrogens (tertiary/aromatic N) is 1. The van der Waals surface area contributed by atoms with E-state index in [1.165, 1.54) is 6.92 Å². The van der Waals surface area contributed by atoms with Crippen LogP contribution < -0.4 is 10.6 Å². The van der Waals surface area contributed by atoms with Gasteiger partial charge in [-0.1, -0.05) is 13.8 Å². The first kappa shape index (κ1) is 23.3. The van der Waals surface area contributed by atoms with Crippen molar-refractivity contribution in [3.63, 3.8) is 0 Å². The first-order valence-corrected chi connectivity index (χ1v) is 8.90.